The molecule has 0 aromatic heterocycles. The maximum atomic E-state index is 11.3. The van der Waals surface area contributed by atoms with Crippen LogP contribution in [0.3, 0.4) is 0 Å². The van der Waals surface area contributed by atoms with Gasteiger partial charge >= 0.3 is 0 Å². The van der Waals surface area contributed by atoms with Crippen LogP contribution in [0.2, 0.25) is 0 Å². The molecular formula is C14H23N2O4-. The molecule has 6 nitrogen and oxygen atoms in total. The largest absolute Gasteiger partial charge is 0.545 e. The lowest BCUT2D eigenvalue weighted by Crippen LogP contribution is -2.57. The minimum atomic E-state index is -1.24. The molecule has 1 rings (SSSR count). The lowest BCUT2D eigenvalue weighted by molar-refractivity contribution is -0.299. The number of nitrogens with one attached hydrogen (secondary N) is 1. The minimum absolute atomic E-state index is 0.000752. The second kappa shape index (κ2) is 7.40. The highest BCUT2D eigenvalue weighted by Gasteiger charge is 2.33. The van der Waals surface area contributed by atoms with Crippen LogP contribution in [0.4, 0.5) is 0 Å². The Hall–Kier alpha value is -1.40. The van der Waals surface area contributed by atoms with Crippen LogP contribution >= 0.6 is 0 Å². The average molecular weight is 283 g/mol. The zero-order chi connectivity index (χ0) is 15.3. The summed E-state index contributed by atoms with van der Waals surface area (Å²) in [5.41, 5.74) is 6.11. The van der Waals surface area contributed by atoms with Crippen LogP contribution < -0.4 is 16.2 Å². The Morgan fingerprint density at radius 3 is 2.55 bits per heavy atom. The van der Waals surface area contributed by atoms with E-state index in [4.69, 9.17) is 10.5 Å². The van der Waals surface area contributed by atoms with E-state index in [9.17, 15) is 14.7 Å². The minimum Gasteiger partial charge on any atom is -0.545 e. The number of hydrogen-bond acceptors (Lipinski definition) is 5. The van der Waals surface area contributed by atoms with E-state index in [0.29, 0.717) is 0 Å². The fourth-order valence-corrected chi connectivity index (χ4v) is 2.40. The third-order valence-electron chi connectivity index (χ3n) is 3.53. The van der Waals surface area contributed by atoms with Gasteiger partial charge in [0.25, 0.3) is 0 Å². The SMILES string of the molecule is CCC(CC)OC1C=C(C(=O)[O-])C[C@H](N)[C@H]1NC(C)=O. The number of rotatable bonds is 6. The van der Waals surface area contributed by atoms with E-state index in [1.165, 1.54) is 13.0 Å². The molecule has 3 N–H and O–H groups in total. The standard InChI is InChI=1S/C14H24N2O4/c1-4-10(5-2)20-12-7-9(14(18)19)6-11(15)13(12)16-8(3)17/h7,10-13H,4-6,15H2,1-3H3,(H,16,17)(H,18,19)/p-1/t11-,12?,13+/m0/s1. The van der Waals surface area contributed by atoms with Gasteiger partial charge in [0, 0.05) is 13.0 Å². The van der Waals surface area contributed by atoms with Crippen molar-refractivity contribution in [3.05, 3.63) is 11.6 Å². The number of carboxylic acid groups (broad SMARTS) is 1. The van der Waals surface area contributed by atoms with Gasteiger partial charge in [-0.3, -0.25) is 4.79 Å². The Morgan fingerprint density at radius 2 is 2.10 bits per heavy atom. The Morgan fingerprint density at radius 1 is 1.50 bits per heavy atom. The van der Waals surface area contributed by atoms with Gasteiger partial charge in [0.05, 0.1) is 24.2 Å². The highest BCUT2D eigenvalue weighted by atomic mass is 16.5. The fourth-order valence-electron chi connectivity index (χ4n) is 2.40. The number of aliphatic carboxylic acids is 1. The molecule has 6 heteroatoms. The van der Waals surface area contributed by atoms with Gasteiger partial charge in [-0.05, 0) is 30.9 Å². The van der Waals surface area contributed by atoms with Gasteiger partial charge < -0.3 is 25.7 Å². The molecule has 0 aromatic rings. The maximum Gasteiger partial charge on any atom is 0.217 e. The highest BCUT2D eigenvalue weighted by molar-refractivity contribution is 5.85. The zero-order valence-electron chi connectivity index (χ0n) is 12.2. The summed E-state index contributed by atoms with van der Waals surface area (Å²) in [7, 11) is 0. The summed E-state index contributed by atoms with van der Waals surface area (Å²) in [6.07, 6.45) is 2.75. The van der Waals surface area contributed by atoms with Crippen LogP contribution in [0.1, 0.15) is 40.0 Å². The van der Waals surface area contributed by atoms with Crippen molar-refractivity contribution in [1.29, 1.82) is 0 Å². The number of carbonyl (C=O) groups is 2. The first-order valence-corrected chi connectivity index (χ1v) is 6.99. The number of carbonyl (C=O) groups excluding carboxylic acids is 2. The quantitative estimate of drug-likeness (QED) is 0.682. The van der Waals surface area contributed by atoms with Gasteiger partial charge in [-0.2, -0.15) is 0 Å². The van der Waals surface area contributed by atoms with Gasteiger partial charge in [0.1, 0.15) is 0 Å². The van der Waals surface area contributed by atoms with Crippen molar-refractivity contribution in [3.63, 3.8) is 0 Å². The maximum absolute atomic E-state index is 11.3. The third-order valence-corrected chi connectivity index (χ3v) is 3.53. The molecule has 0 aromatic carbocycles. The van der Waals surface area contributed by atoms with Crippen molar-refractivity contribution in [2.45, 2.75) is 64.3 Å². The predicted octanol–water partition coefficient (Wildman–Crippen LogP) is -0.528. The topological polar surface area (TPSA) is 104 Å². The van der Waals surface area contributed by atoms with Crippen molar-refractivity contribution >= 4 is 11.9 Å². The Kier molecular flexibility index (Phi) is 6.16. The molecule has 1 aliphatic carbocycles. The van der Waals surface area contributed by atoms with Gasteiger partial charge in [-0.1, -0.05) is 13.8 Å². The van der Waals surface area contributed by atoms with Crippen LogP contribution in [-0.2, 0) is 14.3 Å². The summed E-state index contributed by atoms with van der Waals surface area (Å²) in [6, 6.07) is -0.924. The van der Waals surface area contributed by atoms with Crippen LogP contribution in [-0.4, -0.2) is 36.2 Å². The van der Waals surface area contributed by atoms with Crippen molar-refractivity contribution in [2.75, 3.05) is 0 Å². The third kappa shape index (κ3) is 4.31. The molecule has 1 unspecified atom stereocenters. The first-order chi connectivity index (χ1) is 9.38. The molecule has 1 amide bonds. The van der Waals surface area contributed by atoms with Crippen molar-refractivity contribution in [3.8, 4) is 0 Å². The van der Waals surface area contributed by atoms with Crippen molar-refractivity contribution < 1.29 is 19.4 Å². The summed E-state index contributed by atoms with van der Waals surface area (Å²) in [5.74, 6) is -1.45. The lowest BCUT2D eigenvalue weighted by Gasteiger charge is -2.37. The molecule has 0 aliphatic heterocycles. The summed E-state index contributed by atoms with van der Waals surface area (Å²) in [6.45, 7) is 5.39. The van der Waals surface area contributed by atoms with E-state index in [1.807, 2.05) is 13.8 Å². The van der Waals surface area contributed by atoms with E-state index in [1.54, 1.807) is 0 Å². The molecule has 0 saturated carbocycles. The van der Waals surface area contributed by atoms with Gasteiger partial charge in [-0.15, -0.1) is 0 Å². The number of amides is 1. The monoisotopic (exact) mass is 283 g/mol. The summed E-state index contributed by atoms with van der Waals surface area (Å²) in [4.78, 5) is 22.3. The van der Waals surface area contributed by atoms with Crippen molar-refractivity contribution in [1.82, 2.24) is 5.32 Å². The molecule has 0 saturated heterocycles. The van der Waals surface area contributed by atoms with Crippen LogP contribution in [0.15, 0.2) is 11.6 Å². The van der Waals surface area contributed by atoms with E-state index < -0.39 is 24.2 Å². The van der Waals surface area contributed by atoms with Crippen LogP contribution in [0.5, 0.6) is 0 Å². The second-order valence-electron chi connectivity index (χ2n) is 5.11. The highest BCUT2D eigenvalue weighted by Crippen LogP contribution is 2.22. The van der Waals surface area contributed by atoms with Crippen molar-refractivity contribution in [2.24, 2.45) is 5.73 Å². The molecule has 0 heterocycles. The zero-order valence-corrected chi connectivity index (χ0v) is 12.2. The molecule has 0 radical (unpaired) electrons. The van der Waals surface area contributed by atoms with E-state index >= 15 is 0 Å². The lowest BCUT2D eigenvalue weighted by atomic mass is 9.88. The molecule has 0 bridgehead atoms. The normalized spacial score (nSPS) is 26.2. The first kappa shape index (κ1) is 16.7. The number of carboxylic acids is 1. The Bertz CT molecular complexity index is 391. The van der Waals surface area contributed by atoms with Crippen LogP contribution in [0.25, 0.3) is 0 Å². The smallest absolute Gasteiger partial charge is 0.217 e. The van der Waals surface area contributed by atoms with E-state index in [0.717, 1.165) is 12.8 Å². The Labute approximate surface area is 119 Å². The number of ether oxygens (including phenoxy) is 1. The van der Waals surface area contributed by atoms with Gasteiger partial charge in [0.2, 0.25) is 5.91 Å². The Balaban J connectivity index is 2.96. The molecule has 3 atom stereocenters. The fraction of sp³-hybridized carbons (Fsp3) is 0.714. The second-order valence-corrected chi connectivity index (χ2v) is 5.11. The molecule has 0 spiro atoms. The molecule has 0 fully saturated rings. The predicted molar refractivity (Wildman–Crippen MR) is 72.5 cm³/mol. The van der Waals surface area contributed by atoms with E-state index in [2.05, 4.69) is 5.32 Å². The summed E-state index contributed by atoms with van der Waals surface area (Å²) >= 11 is 0. The van der Waals surface area contributed by atoms with Crippen LogP contribution in [0, 0.1) is 0 Å². The van der Waals surface area contributed by atoms with E-state index in [-0.39, 0.29) is 24.0 Å². The summed E-state index contributed by atoms with van der Waals surface area (Å²) in [5, 5.41) is 13.8. The molecule has 20 heavy (non-hydrogen) atoms. The summed E-state index contributed by atoms with van der Waals surface area (Å²) < 4.78 is 5.89. The molecular weight excluding hydrogens is 260 g/mol. The average Bonchev–Trinajstić information content (AvgIpc) is 2.38. The molecule has 1 aliphatic rings. The molecule has 114 valence electrons. The number of hydrogen-bond donors (Lipinski definition) is 2. The number of nitrogens with two attached hydrogens (primary N) is 1. The first-order valence-electron chi connectivity index (χ1n) is 6.99. The van der Waals surface area contributed by atoms with Gasteiger partial charge in [-0.25, -0.2) is 0 Å². The van der Waals surface area contributed by atoms with Gasteiger partial charge in [0.15, 0.2) is 0 Å².